The average Bonchev–Trinajstić information content (AvgIpc) is 2.49. The van der Waals surface area contributed by atoms with Crippen LogP contribution in [0, 0.1) is 5.92 Å². The van der Waals surface area contributed by atoms with Gasteiger partial charge < -0.3 is 10.5 Å². The molecule has 0 spiro atoms. The summed E-state index contributed by atoms with van der Waals surface area (Å²) in [4.78, 5) is 2.52. The predicted octanol–water partition coefficient (Wildman–Crippen LogP) is 3.48. The molecule has 0 radical (unpaired) electrons. The summed E-state index contributed by atoms with van der Waals surface area (Å²) in [5.41, 5.74) is 7.65. The Bertz CT molecular complexity index is 433. The van der Waals surface area contributed by atoms with Gasteiger partial charge in [0.25, 0.3) is 0 Å². The summed E-state index contributed by atoms with van der Waals surface area (Å²) in [7, 11) is 1.79. The Hall–Kier alpha value is -0.610. The Kier molecular flexibility index (Phi) is 6.49. The van der Waals surface area contributed by atoms with E-state index in [4.69, 9.17) is 22.1 Å². The van der Waals surface area contributed by atoms with Gasteiger partial charge in [-0.05, 0) is 56.0 Å². The molecule has 2 rings (SSSR count). The van der Waals surface area contributed by atoms with Crippen molar-refractivity contribution in [2.75, 3.05) is 26.8 Å². The second-order valence-electron chi connectivity index (χ2n) is 6.01. The molecular formula is C17H27ClN2O. The van der Waals surface area contributed by atoms with Crippen LogP contribution in [0.4, 0.5) is 0 Å². The van der Waals surface area contributed by atoms with Crippen LogP contribution in [0.1, 0.15) is 37.8 Å². The predicted molar refractivity (Wildman–Crippen MR) is 88.6 cm³/mol. The first-order valence-corrected chi connectivity index (χ1v) is 8.27. The highest BCUT2D eigenvalue weighted by molar-refractivity contribution is 6.30. The number of nitrogens with two attached hydrogens (primary N) is 1. The number of nitrogens with zero attached hydrogens (tertiary/aromatic N) is 1. The fourth-order valence-electron chi connectivity index (χ4n) is 3.28. The van der Waals surface area contributed by atoms with Crippen molar-refractivity contribution < 1.29 is 4.74 Å². The van der Waals surface area contributed by atoms with Crippen molar-refractivity contribution in [1.29, 1.82) is 0 Å². The molecule has 1 aliphatic heterocycles. The summed E-state index contributed by atoms with van der Waals surface area (Å²) in [6, 6.07) is 8.55. The molecule has 21 heavy (non-hydrogen) atoms. The lowest BCUT2D eigenvalue weighted by atomic mass is 9.91. The zero-order chi connectivity index (χ0) is 15.2. The van der Waals surface area contributed by atoms with E-state index in [0.717, 1.165) is 31.1 Å². The molecular weight excluding hydrogens is 284 g/mol. The van der Waals surface area contributed by atoms with Crippen LogP contribution in [0.25, 0.3) is 0 Å². The molecule has 1 fully saturated rings. The van der Waals surface area contributed by atoms with Gasteiger partial charge in [0, 0.05) is 30.8 Å². The molecule has 1 saturated heterocycles. The maximum Gasteiger partial charge on any atom is 0.0499 e. The second-order valence-corrected chi connectivity index (χ2v) is 6.44. The van der Waals surface area contributed by atoms with Crippen molar-refractivity contribution in [3.05, 3.63) is 34.9 Å². The van der Waals surface area contributed by atoms with Gasteiger partial charge in [0.2, 0.25) is 0 Å². The first-order valence-electron chi connectivity index (χ1n) is 7.89. The molecule has 1 aliphatic rings. The lowest BCUT2D eigenvalue weighted by molar-refractivity contribution is 0.0715. The van der Waals surface area contributed by atoms with Crippen molar-refractivity contribution >= 4 is 11.6 Å². The third-order valence-corrected chi connectivity index (χ3v) is 4.75. The Morgan fingerprint density at radius 2 is 2.10 bits per heavy atom. The Morgan fingerprint density at radius 3 is 2.67 bits per heavy atom. The SMILES string of the molecule is CCC(N)C(c1cccc(Cl)c1)N1CCC(COC)CC1. The van der Waals surface area contributed by atoms with Crippen LogP contribution < -0.4 is 5.73 Å². The van der Waals surface area contributed by atoms with E-state index in [9.17, 15) is 0 Å². The minimum Gasteiger partial charge on any atom is -0.384 e. The third-order valence-electron chi connectivity index (χ3n) is 4.51. The number of halogens is 1. The van der Waals surface area contributed by atoms with Crippen LogP contribution >= 0.6 is 11.6 Å². The Balaban J connectivity index is 2.11. The van der Waals surface area contributed by atoms with E-state index in [1.54, 1.807) is 7.11 Å². The zero-order valence-electron chi connectivity index (χ0n) is 13.1. The monoisotopic (exact) mass is 310 g/mol. The summed E-state index contributed by atoms with van der Waals surface area (Å²) in [6.45, 7) is 5.19. The fraction of sp³-hybridized carbons (Fsp3) is 0.647. The lowest BCUT2D eigenvalue weighted by Crippen LogP contribution is -2.45. The van der Waals surface area contributed by atoms with Gasteiger partial charge in [-0.3, -0.25) is 4.90 Å². The number of ether oxygens (including phenoxy) is 1. The molecule has 1 heterocycles. The Labute approximate surface area is 133 Å². The average molecular weight is 311 g/mol. The smallest absolute Gasteiger partial charge is 0.0499 e. The molecule has 0 amide bonds. The summed E-state index contributed by atoms with van der Waals surface area (Å²) >= 11 is 6.16. The van der Waals surface area contributed by atoms with Gasteiger partial charge in [0.15, 0.2) is 0 Å². The van der Waals surface area contributed by atoms with E-state index < -0.39 is 0 Å². The standard InChI is InChI=1S/C17H27ClN2O/c1-3-16(19)17(14-5-4-6-15(18)11-14)20-9-7-13(8-10-20)12-21-2/h4-6,11,13,16-17H,3,7-10,12,19H2,1-2H3. The van der Waals surface area contributed by atoms with Crippen LogP contribution in [-0.2, 0) is 4.74 Å². The number of hydrogen-bond donors (Lipinski definition) is 1. The molecule has 0 saturated carbocycles. The summed E-state index contributed by atoms with van der Waals surface area (Å²) in [5.74, 6) is 0.684. The molecule has 0 aliphatic carbocycles. The number of hydrogen-bond acceptors (Lipinski definition) is 3. The van der Waals surface area contributed by atoms with Gasteiger partial charge in [-0.15, -0.1) is 0 Å². The number of methoxy groups -OCH3 is 1. The molecule has 2 N–H and O–H groups in total. The highest BCUT2D eigenvalue weighted by Crippen LogP contribution is 2.31. The first kappa shape index (κ1) is 16.8. The highest BCUT2D eigenvalue weighted by atomic mass is 35.5. The van der Waals surface area contributed by atoms with Gasteiger partial charge in [-0.25, -0.2) is 0 Å². The molecule has 0 aromatic heterocycles. The van der Waals surface area contributed by atoms with Gasteiger partial charge in [-0.2, -0.15) is 0 Å². The van der Waals surface area contributed by atoms with Gasteiger partial charge >= 0.3 is 0 Å². The summed E-state index contributed by atoms with van der Waals surface area (Å²) < 4.78 is 5.29. The van der Waals surface area contributed by atoms with Crippen LogP contribution in [0.3, 0.4) is 0 Å². The highest BCUT2D eigenvalue weighted by Gasteiger charge is 2.29. The van der Waals surface area contributed by atoms with Crippen molar-refractivity contribution in [1.82, 2.24) is 4.90 Å². The van der Waals surface area contributed by atoms with E-state index in [2.05, 4.69) is 24.0 Å². The zero-order valence-corrected chi connectivity index (χ0v) is 13.9. The summed E-state index contributed by atoms with van der Waals surface area (Å²) in [6.07, 6.45) is 3.33. The van der Waals surface area contributed by atoms with E-state index in [0.29, 0.717) is 5.92 Å². The molecule has 3 nitrogen and oxygen atoms in total. The van der Waals surface area contributed by atoms with Crippen molar-refractivity contribution in [2.45, 2.75) is 38.3 Å². The fourth-order valence-corrected chi connectivity index (χ4v) is 3.47. The molecule has 0 bridgehead atoms. The molecule has 1 aromatic rings. The Morgan fingerprint density at radius 1 is 1.38 bits per heavy atom. The molecule has 1 aromatic carbocycles. The van der Waals surface area contributed by atoms with Crippen LogP contribution in [0.15, 0.2) is 24.3 Å². The maximum absolute atomic E-state index is 6.41. The van der Waals surface area contributed by atoms with Gasteiger partial charge in [0.1, 0.15) is 0 Å². The van der Waals surface area contributed by atoms with Gasteiger partial charge in [0.05, 0.1) is 0 Å². The lowest BCUT2D eigenvalue weighted by Gasteiger charge is -2.40. The van der Waals surface area contributed by atoms with Crippen LogP contribution in [0.2, 0.25) is 5.02 Å². The van der Waals surface area contributed by atoms with Crippen LogP contribution in [-0.4, -0.2) is 37.7 Å². The largest absolute Gasteiger partial charge is 0.384 e. The quantitative estimate of drug-likeness (QED) is 0.874. The summed E-state index contributed by atoms with van der Waals surface area (Å²) in [5, 5.41) is 0.787. The van der Waals surface area contributed by atoms with Gasteiger partial charge in [-0.1, -0.05) is 30.7 Å². The molecule has 2 atom stereocenters. The number of benzene rings is 1. The first-order chi connectivity index (χ1) is 10.2. The van der Waals surface area contributed by atoms with E-state index >= 15 is 0 Å². The molecule has 4 heteroatoms. The third kappa shape index (κ3) is 4.43. The topological polar surface area (TPSA) is 38.5 Å². The molecule has 2 unspecified atom stereocenters. The molecule has 118 valence electrons. The van der Waals surface area contributed by atoms with Crippen molar-refractivity contribution in [3.8, 4) is 0 Å². The second kappa shape index (κ2) is 8.14. The minimum absolute atomic E-state index is 0.141. The van der Waals surface area contributed by atoms with Crippen molar-refractivity contribution in [2.24, 2.45) is 11.7 Å². The number of rotatable bonds is 6. The minimum atomic E-state index is 0.141. The van der Waals surface area contributed by atoms with E-state index in [1.165, 1.54) is 18.4 Å². The van der Waals surface area contributed by atoms with Crippen LogP contribution in [0.5, 0.6) is 0 Å². The van der Waals surface area contributed by atoms with E-state index in [1.807, 2.05) is 12.1 Å². The normalized spacial score (nSPS) is 20.4. The maximum atomic E-state index is 6.41. The number of piperidine rings is 1. The number of likely N-dealkylation sites (tertiary alicyclic amines) is 1. The van der Waals surface area contributed by atoms with Crippen molar-refractivity contribution in [3.63, 3.8) is 0 Å². The van der Waals surface area contributed by atoms with E-state index in [-0.39, 0.29) is 12.1 Å².